The summed E-state index contributed by atoms with van der Waals surface area (Å²) in [5, 5.41) is 0. The van der Waals surface area contributed by atoms with Crippen molar-refractivity contribution in [3.8, 4) is 11.1 Å². The average molecular weight is 347 g/mol. The van der Waals surface area contributed by atoms with Crippen LogP contribution in [0.3, 0.4) is 0 Å². The van der Waals surface area contributed by atoms with E-state index in [9.17, 15) is 9.59 Å². The molecule has 0 unspecified atom stereocenters. The Morgan fingerprint density at radius 2 is 1.69 bits per heavy atom. The molecular formula is C22H21NO3. The number of nitrogens with zero attached hydrogens (tertiary/aromatic N) is 1. The molecule has 1 aliphatic heterocycles. The Balaban J connectivity index is 1.35. The number of fused-ring (bicyclic) bond motifs is 3. The normalized spacial score (nSPS) is 22.2. The van der Waals surface area contributed by atoms with Crippen molar-refractivity contribution in [2.24, 2.45) is 5.41 Å². The van der Waals surface area contributed by atoms with E-state index in [-0.39, 0.29) is 23.5 Å². The number of hydrogen-bond acceptors (Lipinski definition) is 3. The maximum atomic E-state index is 12.7. The molecule has 26 heavy (non-hydrogen) atoms. The molecule has 0 N–H and O–H groups in total. The molecule has 1 saturated carbocycles. The Kier molecular flexibility index (Phi) is 3.42. The van der Waals surface area contributed by atoms with E-state index in [1.54, 1.807) is 4.90 Å². The smallest absolute Gasteiger partial charge is 0.410 e. The van der Waals surface area contributed by atoms with Crippen LogP contribution >= 0.6 is 0 Å². The zero-order valence-corrected chi connectivity index (χ0v) is 14.6. The molecule has 4 nitrogen and oxygen atoms in total. The van der Waals surface area contributed by atoms with E-state index in [1.165, 1.54) is 22.3 Å². The van der Waals surface area contributed by atoms with Gasteiger partial charge >= 0.3 is 6.09 Å². The van der Waals surface area contributed by atoms with Crippen molar-refractivity contribution in [1.29, 1.82) is 0 Å². The number of carbonyl (C=O) groups is 2. The topological polar surface area (TPSA) is 46.6 Å². The maximum Gasteiger partial charge on any atom is 0.410 e. The van der Waals surface area contributed by atoms with Crippen LogP contribution in [0.25, 0.3) is 11.1 Å². The van der Waals surface area contributed by atoms with Gasteiger partial charge in [-0.1, -0.05) is 48.5 Å². The largest absolute Gasteiger partial charge is 0.448 e. The quantitative estimate of drug-likeness (QED) is 0.789. The number of rotatable bonds is 3. The first-order valence-corrected chi connectivity index (χ1v) is 9.28. The summed E-state index contributed by atoms with van der Waals surface area (Å²) in [6, 6.07) is 16.3. The average Bonchev–Trinajstić information content (AvgIpc) is 3.21. The van der Waals surface area contributed by atoms with Crippen LogP contribution in [0.4, 0.5) is 4.79 Å². The van der Waals surface area contributed by atoms with E-state index in [2.05, 4.69) is 24.3 Å². The van der Waals surface area contributed by atoms with Gasteiger partial charge in [0.05, 0.1) is 6.04 Å². The lowest BCUT2D eigenvalue weighted by molar-refractivity contribution is -0.111. The summed E-state index contributed by atoms with van der Waals surface area (Å²) in [5.41, 5.74) is 5.03. The highest BCUT2D eigenvalue weighted by Gasteiger charge is 2.53. The SMILES string of the molecule is O=C[C@@H]1CC2(CC2)CN1C(=O)OCC1c2ccccc2-c2ccccc21. The fourth-order valence-electron chi connectivity index (χ4n) is 4.63. The van der Waals surface area contributed by atoms with Crippen LogP contribution in [0.5, 0.6) is 0 Å². The van der Waals surface area contributed by atoms with Gasteiger partial charge in [0.15, 0.2) is 0 Å². The van der Waals surface area contributed by atoms with E-state index < -0.39 is 0 Å². The molecule has 1 spiro atoms. The summed E-state index contributed by atoms with van der Waals surface area (Å²) in [6.45, 7) is 0.967. The molecule has 2 aromatic carbocycles. The molecule has 132 valence electrons. The molecule has 1 atom stereocenters. The Hall–Kier alpha value is -2.62. The van der Waals surface area contributed by atoms with Gasteiger partial charge in [0.2, 0.25) is 0 Å². The van der Waals surface area contributed by atoms with Gasteiger partial charge in [0.25, 0.3) is 0 Å². The molecular weight excluding hydrogens is 326 g/mol. The third kappa shape index (κ3) is 2.36. The molecule has 0 bridgehead atoms. The summed E-state index contributed by atoms with van der Waals surface area (Å²) in [7, 11) is 0. The van der Waals surface area contributed by atoms with Crippen LogP contribution in [-0.4, -0.2) is 36.5 Å². The van der Waals surface area contributed by atoms with Crippen molar-refractivity contribution in [3.05, 3.63) is 59.7 Å². The number of ether oxygens (including phenoxy) is 1. The molecule has 2 fully saturated rings. The predicted molar refractivity (Wildman–Crippen MR) is 97.9 cm³/mol. The Morgan fingerprint density at radius 1 is 1.08 bits per heavy atom. The van der Waals surface area contributed by atoms with E-state index in [0.29, 0.717) is 13.2 Å². The van der Waals surface area contributed by atoms with Crippen LogP contribution in [0.2, 0.25) is 0 Å². The van der Waals surface area contributed by atoms with Gasteiger partial charge in [-0.3, -0.25) is 4.90 Å². The molecule has 1 heterocycles. The lowest BCUT2D eigenvalue weighted by atomic mass is 9.98. The number of likely N-dealkylation sites (tertiary alicyclic amines) is 1. The highest BCUT2D eigenvalue weighted by molar-refractivity contribution is 5.79. The molecule has 1 saturated heterocycles. The van der Waals surface area contributed by atoms with E-state index in [4.69, 9.17) is 4.74 Å². The van der Waals surface area contributed by atoms with Gasteiger partial charge in [-0.15, -0.1) is 0 Å². The number of aldehydes is 1. The summed E-state index contributed by atoms with van der Waals surface area (Å²) in [6.07, 6.45) is 3.57. The number of hydrogen-bond donors (Lipinski definition) is 0. The lowest BCUT2D eigenvalue weighted by Gasteiger charge is -2.22. The summed E-state index contributed by atoms with van der Waals surface area (Å²) < 4.78 is 5.70. The van der Waals surface area contributed by atoms with E-state index in [1.807, 2.05) is 24.3 Å². The lowest BCUT2D eigenvalue weighted by Crippen LogP contribution is -2.37. The molecule has 1 amide bonds. The number of carbonyl (C=O) groups excluding carboxylic acids is 2. The summed E-state index contributed by atoms with van der Waals surface area (Å²) in [4.78, 5) is 25.7. The van der Waals surface area contributed by atoms with Gasteiger partial charge < -0.3 is 9.53 Å². The molecule has 4 heteroatoms. The fourth-order valence-corrected chi connectivity index (χ4v) is 4.63. The zero-order chi connectivity index (χ0) is 17.7. The second-order valence-corrected chi connectivity index (χ2v) is 7.84. The van der Waals surface area contributed by atoms with Crippen LogP contribution in [0, 0.1) is 5.41 Å². The first kappa shape index (κ1) is 15.6. The van der Waals surface area contributed by atoms with Gasteiger partial charge in [-0.2, -0.15) is 0 Å². The molecule has 3 aliphatic rings. The van der Waals surface area contributed by atoms with Crippen molar-refractivity contribution >= 4 is 12.4 Å². The van der Waals surface area contributed by atoms with Crippen LogP contribution < -0.4 is 0 Å². The maximum absolute atomic E-state index is 12.7. The van der Waals surface area contributed by atoms with E-state index in [0.717, 1.165) is 25.5 Å². The van der Waals surface area contributed by atoms with Crippen LogP contribution in [0.1, 0.15) is 36.3 Å². The second-order valence-electron chi connectivity index (χ2n) is 7.84. The van der Waals surface area contributed by atoms with Gasteiger partial charge in [-0.25, -0.2) is 4.79 Å². The minimum Gasteiger partial charge on any atom is -0.448 e. The molecule has 2 aromatic rings. The highest BCUT2D eigenvalue weighted by atomic mass is 16.6. The van der Waals surface area contributed by atoms with Crippen LogP contribution in [-0.2, 0) is 9.53 Å². The first-order valence-electron chi connectivity index (χ1n) is 9.28. The van der Waals surface area contributed by atoms with E-state index >= 15 is 0 Å². The highest BCUT2D eigenvalue weighted by Crippen LogP contribution is 2.54. The standard InChI is InChI=1S/C22H21NO3/c24-12-15-11-22(9-10-22)14-23(15)21(25)26-13-20-18-7-3-1-5-16(18)17-6-2-4-8-19(17)20/h1-8,12,15,20H,9-11,13-14H2/t15-/m0/s1. The number of benzene rings is 2. The van der Waals surface area contributed by atoms with Gasteiger partial charge in [0, 0.05) is 12.5 Å². The molecule has 0 aromatic heterocycles. The molecule has 5 rings (SSSR count). The minimum atomic E-state index is -0.354. The van der Waals surface area contributed by atoms with Crippen molar-refractivity contribution in [2.45, 2.75) is 31.2 Å². The van der Waals surface area contributed by atoms with Crippen molar-refractivity contribution < 1.29 is 14.3 Å². The molecule has 0 radical (unpaired) electrons. The first-order chi connectivity index (χ1) is 12.7. The van der Waals surface area contributed by atoms with Gasteiger partial charge in [-0.05, 0) is 46.9 Å². The van der Waals surface area contributed by atoms with Crippen molar-refractivity contribution in [2.75, 3.05) is 13.2 Å². The third-order valence-corrected chi connectivity index (χ3v) is 6.23. The Bertz CT molecular complexity index is 841. The monoisotopic (exact) mass is 347 g/mol. The van der Waals surface area contributed by atoms with Crippen molar-refractivity contribution in [3.63, 3.8) is 0 Å². The number of amides is 1. The molecule has 2 aliphatic carbocycles. The fraction of sp³-hybridized carbons (Fsp3) is 0.364. The Morgan fingerprint density at radius 3 is 2.27 bits per heavy atom. The summed E-state index contributed by atoms with van der Waals surface area (Å²) >= 11 is 0. The van der Waals surface area contributed by atoms with Gasteiger partial charge in [0.1, 0.15) is 12.9 Å². The second kappa shape index (κ2) is 5.70. The third-order valence-electron chi connectivity index (χ3n) is 6.23. The predicted octanol–water partition coefficient (Wildman–Crippen LogP) is 3.99. The zero-order valence-electron chi connectivity index (χ0n) is 14.6. The minimum absolute atomic E-state index is 0.0542. The van der Waals surface area contributed by atoms with Crippen molar-refractivity contribution in [1.82, 2.24) is 4.90 Å². The van der Waals surface area contributed by atoms with Crippen LogP contribution in [0.15, 0.2) is 48.5 Å². The summed E-state index contributed by atoms with van der Waals surface area (Å²) in [5.74, 6) is 0.0542. The Labute approximate surface area is 152 Å².